The van der Waals surface area contributed by atoms with Gasteiger partial charge in [0.2, 0.25) is 5.91 Å². The number of hydrogen-bond donors (Lipinski definition) is 3. The van der Waals surface area contributed by atoms with Crippen molar-refractivity contribution in [2.75, 3.05) is 5.32 Å². The van der Waals surface area contributed by atoms with Crippen molar-refractivity contribution < 1.29 is 9.90 Å². The predicted octanol–water partition coefficient (Wildman–Crippen LogP) is 2.43. The summed E-state index contributed by atoms with van der Waals surface area (Å²) in [4.78, 5) is 10.9. The Labute approximate surface area is 124 Å². The zero-order valence-corrected chi connectivity index (χ0v) is 12.1. The lowest BCUT2D eigenvalue weighted by Crippen LogP contribution is -2.12. The number of anilines is 1. The van der Waals surface area contributed by atoms with Gasteiger partial charge in [-0.3, -0.25) is 4.79 Å². The second-order valence-electron chi connectivity index (χ2n) is 4.96. The highest BCUT2D eigenvalue weighted by molar-refractivity contribution is 5.88. The van der Waals surface area contributed by atoms with Crippen molar-refractivity contribution >= 4 is 11.6 Å². The topological polar surface area (TPSA) is 61.4 Å². The molecule has 0 aliphatic heterocycles. The average molecular weight is 284 g/mol. The molecular weight excluding hydrogens is 264 g/mol. The Kier molecular flexibility index (Phi) is 5.49. The van der Waals surface area contributed by atoms with Gasteiger partial charge in [-0.05, 0) is 28.8 Å². The number of carbonyl (C=O) groups is 1. The van der Waals surface area contributed by atoms with Gasteiger partial charge in [-0.1, -0.05) is 36.4 Å². The van der Waals surface area contributed by atoms with Crippen molar-refractivity contribution in [2.24, 2.45) is 0 Å². The van der Waals surface area contributed by atoms with E-state index in [-0.39, 0.29) is 12.5 Å². The van der Waals surface area contributed by atoms with E-state index in [1.807, 2.05) is 48.5 Å². The first kappa shape index (κ1) is 15.2. The number of amides is 1. The second kappa shape index (κ2) is 7.57. The zero-order chi connectivity index (χ0) is 15.1. The van der Waals surface area contributed by atoms with Crippen LogP contribution in [0.1, 0.15) is 23.6 Å². The van der Waals surface area contributed by atoms with Gasteiger partial charge in [-0.2, -0.15) is 0 Å². The minimum Gasteiger partial charge on any atom is -0.392 e. The lowest BCUT2D eigenvalue weighted by atomic mass is 10.1. The lowest BCUT2D eigenvalue weighted by Gasteiger charge is -2.07. The number of nitrogens with one attached hydrogen (secondary N) is 2. The monoisotopic (exact) mass is 284 g/mol. The van der Waals surface area contributed by atoms with Crippen LogP contribution in [0, 0.1) is 0 Å². The van der Waals surface area contributed by atoms with Crippen LogP contribution in [-0.2, 0) is 24.5 Å². The molecule has 4 heteroatoms. The molecular formula is C17H20N2O2. The Morgan fingerprint density at radius 1 is 0.905 bits per heavy atom. The molecule has 0 saturated heterocycles. The molecule has 21 heavy (non-hydrogen) atoms. The van der Waals surface area contributed by atoms with Gasteiger partial charge >= 0.3 is 0 Å². The van der Waals surface area contributed by atoms with Crippen LogP contribution in [0.2, 0.25) is 0 Å². The fourth-order valence-electron chi connectivity index (χ4n) is 2.02. The molecule has 1 amide bonds. The number of aliphatic hydroxyl groups excluding tert-OH is 1. The first-order valence-electron chi connectivity index (χ1n) is 6.93. The van der Waals surface area contributed by atoms with Gasteiger partial charge in [0.05, 0.1) is 6.61 Å². The molecule has 0 spiro atoms. The number of hydrogen-bond acceptors (Lipinski definition) is 3. The van der Waals surface area contributed by atoms with Gasteiger partial charge in [-0.15, -0.1) is 0 Å². The molecule has 2 rings (SSSR count). The highest BCUT2D eigenvalue weighted by Gasteiger charge is 1.98. The van der Waals surface area contributed by atoms with E-state index in [0.717, 1.165) is 29.9 Å². The summed E-state index contributed by atoms with van der Waals surface area (Å²) >= 11 is 0. The molecule has 2 aromatic carbocycles. The lowest BCUT2D eigenvalue weighted by molar-refractivity contribution is -0.114. The summed E-state index contributed by atoms with van der Waals surface area (Å²) < 4.78 is 0. The standard InChI is InChI=1S/C17H20N2O2/c1-13(21)19-17-8-6-15(7-9-17)11-18-10-14-2-4-16(12-20)5-3-14/h2-9,18,20H,10-12H2,1H3,(H,19,21). The van der Waals surface area contributed by atoms with Crippen molar-refractivity contribution in [1.82, 2.24) is 5.32 Å². The summed E-state index contributed by atoms with van der Waals surface area (Å²) in [6.45, 7) is 3.12. The Balaban J connectivity index is 1.81. The van der Waals surface area contributed by atoms with E-state index in [4.69, 9.17) is 5.11 Å². The summed E-state index contributed by atoms with van der Waals surface area (Å²) in [5, 5.41) is 15.1. The Morgan fingerprint density at radius 2 is 1.38 bits per heavy atom. The third-order valence-corrected chi connectivity index (χ3v) is 3.14. The largest absolute Gasteiger partial charge is 0.392 e. The number of rotatable bonds is 6. The molecule has 0 atom stereocenters. The highest BCUT2D eigenvalue weighted by atomic mass is 16.3. The molecule has 4 nitrogen and oxygen atoms in total. The minimum absolute atomic E-state index is 0.0628. The Bertz CT molecular complexity index is 577. The predicted molar refractivity (Wildman–Crippen MR) is 83.7 cm³/mol. The molecule has 0 saturated carbocycles. The SMILES string of the molecule is CC(=O)Nc1ccc(CNCc2ccc(CO)cc2)cc1. The summed E-state index contributed by atoms with van der Waals surface area (Å²) in [7, 11) is 0. The summed E-state index contributed by atoms with van der Waals surface area (Å²) in [6.07, 6.45) is 0. The third kappa shape index (κ3) is 5.02. The van der Waals surface area contributed by atoms with E-state index in [1.165, 1.54) is 12.5 Å². The number of benzene rings is 2. The van der Waals surface area contributed by atoms with Crippen LogP contribution in [0.4, 0.5) is 5.69 Å². The first-order valence-corrected chi connectivity index (χ1v) is 6.93. The van der Waals surface area contributed by atoms with Crippen LogP contribution in [0.25, 0.3) is 0 Å². The Hall–Kier alpha value is -2.17. The molecule has 3 N–H and O–H groups in total. The van der Waals surface area contributed by atoms with E-state index in [1.54, 1.807) is 0 Å². The summed E-state index contributed by atoms with van der Waals surface area (Å²) in [6, 6.07) is 15.7. The summed E-state index contributed by atoms with van der Waals surface area (Å²) in [5.41, 5.74) is 4.08. The highest BCUT2D eigenvalue weighted by Crippen LogP contribution is 2.10. The molecule has 0 unspecified atom stereocenters. The maximum Gasteiger partial charge on any atom is 0.221 e. The van der Waals surface area contributed by atoms with E-state index >= 15 is 0 Å². The van der Waals surface area contributed by atoms with E-state index in [0.29, 0.717) is 0 Å². The second-order valence-corrected chi connectivity index (χ2v) is 4.96. The van der Waals surface area contributed by atoms with E-state index in [9.17, 15) is 4.79 Å². The van der Waals surface area contributed by atoms with Gasteiger partial charge in [-0.25, -0.2) is 0 Å². The van der Waals surface area contributed by atoms with Crippen LogP contribution in [0.5, 0.6) is 0 Å². The first-order chi connectivity index (χ1) is 10.2. The molecule has 0 heterocycles. The van der Waals surface area contributed by atoms with Gasteiger partial charge in [0.15, 0.2) is 0 Å². The van der Waals surface area contributed by atoms with Gasteiger partial charge < -0.3 is 15.7 Å². The maximum atomic E-state index is 10.9. The number of aliphatic hydroxyl groups is 1. The number of carbonyl (C=O) groups excluding carboxylic acids is 1. The molecule has 2 aromatic rings. The smallest absolute Gasteiger partial charge is 0.221 e. The van der Waals surface area contributed by atoms with Crippen molar-refractivity contribution in [3.8, 4) is 0 Å². The van der Waals surface area contributed by atoms with Crippen LogP contribution in [-0.4, -0.2) is 11.0 Å². The van der Waals surface area contributed by atoms with Crippen molar-refractivity contribution in [1.29, 1.82) is 0 Å². The van der Waals surface area contributed by atoms with Crippen LogP contribution in [0.15, 0.2) is 48.5 Å². The molecule has 0 aliphatic carbocycles. The van der Waals surface area contributed by atoms with Gasteiger partial charge in [0.25, 0.3) is 0 Å². The fourth-order valence-corrected chi connectivity index (χ4v) is 2.02. The third-order valence-electron chi connectivity index (χ3n) is 3.14. The van der Waals surface area contributed by atoms with Crippen LogP contribution >= 0.6 is 0 Å². The van der Waals surface area contributed by atoms with Crippen LogP contribution < -0.4 is 10.6 Å². The molecule has 0 bridgehead atoms. The fraction of sp³-hybridized carbons (Fsp3) is 0.235. The molecule has 110 valence electrons. The van der Waals surface area contributed by atoms with Gasteiger partial charge in [0.1, 0.15) is 0 Å². The van der Waals surface area contributed by atoms with Crippen molar-refractivity contribution in [2.45, 2.75) is 26.6 Å². The normalized spacial score (nSPS) is 10.4. The molecule has 0 radical (unpaired) electrons. The van der Waals surface area contributed by atoms with Gasteiger partial charge in [0, 0.05) is 25.7 Å². The average Bonchev–Trinajstić information content (AvgIpc) is 2.49. The quantitative estimate of drug-likeness (QED) is 0.763. The van der Waals surface area contributed by atoms with Crippen molar-refractivity contribution in [3.63, 3.8) is 0 Å². The van der Waals surface area contributed by atoms with E-state index < -0.39 is 0 Å². The molecule has 0 fully saturated rings. The molecule has 0 aliphatic rings. The minimum atomic E-state index is -0.0628. The maximum absolute atomic E-state index is 10.9. The zero-order valence-electron chi connectivity index (χ0n) is 12.1. The summed E-state index contributed by atoms with van der Waals surface area (Å²) in [5.74, 6) is -0.0628. The van der Waals surface area contributed by atoms with E-state index in [2.05, 4.69) is 10.6 Å². The Morgan fingerprint density at radius 3 is 1.86 bits per heavy atom. The molecule has 0 aromatic heterocycles. The van der Waals surface area contributed by atoms with Crippen molar-refractivity contribution in [3.05, 3.63) is 65.2 Å². The van der Waals surface area contributed by atoms with Crippen LogP contribution in [0.3, 0.4) is 0 Å².